The van der Waals surface area contributed by atoms with Crippen LogP contribution >= 0.6 is 0 Å². The molecule has 138 valence electrons. The molecule has 2 fully saturated rings. The number of rotatable bonds is 5. The first-order valence-corrected chi connectivity index (χ1v) is 9.07. The van der Waals surface area contributed by atoms with E-state index < -0.39 is 6.10 Å². The topological polar surface area (TPSA) is 77.7 Å². The zero-order valence-corrected chi connectivity index (χ0v) is 15.1. The van der Waals surface area contributed by atoms with Crippen molar-refractivity contribution in [2.45, 2.75) is 38.9 Å². The van der Waals surface area contributed by atoms with E-state index in [0.717, 1.165) is 0 Å². The minimum absolute atomic E-state index is 0.0622. The van der Waals surface area contributed by atoms with Gasteiger partial charge < -0.3 is 18.9 Å². The third-order valence-corrected chi connectivity index (χ3v) is 4.66. The highest BCUT2D eigenvalue weighted by Crippen LogP contribution is 2.31. The van der Waals surface area contributed by atoms with Crippen LogP contribution in [0.3, 0.4) is 0 Å². The highest BCUT2D eigenvalue weighted by Gasteiger charge is 2.34. The lowest BCUT2D eigenvalue weighted by Gasteiger charge is -2.35. The maximum atomic E-state index is 13.1. The van der Waals surface area contributed by atoms with E-state index in [1.807, 2.05) is 31.2 Å². The van der Waals surface area contributed by atoms with Gasteiger partial charge in [-0.25, -0.2) is 0 Å². The summed E-state index contributed by atoms with van der Waals surface area (Å²) in [4.78, 5) is 19.2. The number of aromatic nitrogens is 2. The molecule has 1 aromatic carbocycles. The van der Waals surface area contributed by atoms with Gasteiger partial charge in [-0.3, -0.25) is 4.79 Å². The zero-order chi connectivity index (χ0) is 18.1. The average Bonchev–Trinajstić information content (AvgIpc) is 3.38. The molecule has 1 aromatic heterocycles. The monoisotopic (exact) mass is 357 g/mol. The van der Waals surface area contributed by atoms with E-state index in [4.69, 9.17) is 14.0 Å². The molecule has 2 atom stereocenters. The fourth-order valence-electron chi connectivity index (χ4n) is 3.13. The molecule has 1 saturated heterocycles. The first kappa shape index (κ1) is 17.0. The van der Waals surface area contributed by atoms with Crippen molar-refractivity contribution < 1.29 is 18.8 Å². The minimum atomic E-state index is -0.413. The van der Waals surface area contributed by atoms with Gasteiger partial charge in [0.2, 0.25) is 0 Å². The molecule has 2 heterocycles. The Bertz CT molecular complexity index is 787. The number of carbonyl (C=O) groups is 1. The van der Waals surface area contributed by atoms with Crippen molar-refractivity contribution in [3.05, 3.63) is 41.5 Å². The maximum Gasteiger partial charge on any atom is 0.257 e. The predicted molar refractivity (Wildman–Crippen MR) is 92.9 cm³/mol. The second-order valence-electron chi connectivity index (χ2n) is 7.08. The third-order valence-electron chi connectivity index (χ3n) is 4.66. The number of nitrogens with zero attached hydrogens (tertiary/aromatic N) is 3. The molecular weight excluding hydrogens is 334 g/mol. The molecule has 0 bridgehead atoms. The van der Waals surface area contributed by atoms with Gasteiger partial charge in [0.05, 0.1) is 24.8 Å². The van der Waals surface area contributed by atoms with Crippen molar-refractivity contribution in [3.63, 3.8) is 0 Å². The van der Waals surface area contributed by atoms with Crippen LogP contribution in [0.15, 0.2) is 28.8 Å². The highest BCUT2D eigenvalue weighted by molar-refractivity contribution is 5.97. The summed E-state index contributed by atoms with van der Waals surface area (Å²) in [6.45, 7) is 5.26. The number of ether oxygens (including phenoxy) is 2. The van der Waals surface area contributed by atoms with Gasteiger partial charge in [-0.1, -0.05) is 17.3 Å². The Hall–Kier alpha value is -2.41. The summed E-state index contributed by atoms with van der Waals surface area (Å²) in [5, 5.41) is 3.82. The Morgan fingerprint density at radius 3 is 2.85 bits per heavy atom. The Morgan fingerprint density at radius 1 is 1.31 bits per heavy atom. The summed E-state index contributed by atoms with van der Waals surface area (Å²) in [5.74, 6) is 2.18. The van der Waals surface area contributed by atoms with E-state index in [-0.39, 0.29) is 12.0 Å². The molecule has 0 N–H and O–H groups in total. The molecule has 0 radical (unpaired) electrons. The number of hydrogen-bond donors (Lipinski definition) is 0. The number of carbonyl (C=O) groups excluding carboxylic acids is 1. The molecule has 7 heteroatoms. The second-order valence-corrected chi connectivity index (χ2v) is 7.08. The molecule has 1 amide bonds. The van der Waals surface area contributed by atoms with E-state index in [1.54, 1.807) is 11.8 Å². The standard InChI is InChI=1S/C19H23N3O4/c1-12-9-22(10-17(25-12)18-20-13(2)21-26-18)19(23)15-5-3-4-6-16(15)24-11-14-7-8-14/h3-6,12,14,17H,7-11H2,1-2H3/t12-,17-/m1/s1. The van der Waals surface area contributed by atoms with Crippen LogP contribution in [0.5, 0.6) is 5.75 Å². The molecule has 4 rings (SSSR count). The minimum Gasteiger partial charge on any atom is -0.492 e. The highest BCUT2D eigenvalue weighted by atomic mass is 16.5. The van der Waals surface area contributed by atoms with Crippen LogP contribution in [-0.4, -0.2) is 46.7 Å². The summed E-state index contributed by atoms with van der Waals surface area (Å²) in [7, 11) is 0. The van der Waals surface area contributed by atoms with Gasteiger partial charge in [-0.15, -0.1) is 0 Å². The molecule has 2 aliphatic rings. The van der Waals surface area contributed by atoms with Gasteiger partial charge in [0.1, 0.15) is 5.75 Å². The molecule has 1 aliphatic heterocycles. The van der Waals surface area contributed by atoms with Crippen molar-refractivity contribution in [2.24, 2.45) is 5.92 Å². The fraction of sp³-hybridized carbons (Fsp3) is 0.526. The number of hydrogen-bond acceptors (Lipinski definition) is 6. The Kier molecular flexibility index (Phi) is 4.63. The lowest BCUT2D eigenvalue weighted by molar-refractivity contribution is -0.0810. The lowest BCUT2D eigenvalue weighted by Crippen LogP contribution is -2.46. The normalized spacial score (nSPS) is 23.1. The van der Waals surface area contributed by atoms with Crippen molar-refractivity contribution >= 4 is 5.91 Å². The van der Waals surface area contributed by atoms with Crippen LogP contribution in [-0.2, 0) is 4.74 Å². The fourth-order valence-corrected chi connectivity index (χ4v) is 3.13. The Labute approximate surface area is 152 Å². The summed E-state index contributed by atoms with van der Waals surface area (Å²) in [5.41, 5.74) is 0.586. The first-order valence-electron chi connectivity index (χ1n) is 9.07. The van der Waals surface area contributed by atoms with Crippen molar-refractivity contribution in [1.82, 2.24) is 15.0 Å². The SMILES string of the molecule is Cc1noc([C@H]2CN(C(=O)c3ccccc3OCC3CC3)C[C@@H](C)O2)n1. The van der Waals surface area contributed by atoms with Crippen LogP contribution < -0.4 is 4.74 Å². The van der Waals surface area contributed by atoms with Gasteiger partial charge in [-0.2, -0.15) is 4.98 Å². The van der Waals surface area contributed by atoms with Crippen LogP contribution in [0, 0.1) is 12.8 Å². The van der Waals surface area contributed by atoms with Crippen molar-refractivity contribution in [3.8, 4) is 5.75 Å². The van der Waals surface area contributed by atoms with Gasteiger partial charge in [0, 0.05) is 6.54 Å². The van der Waals surface area contributed by atoms with E-state index in [1.165, 1.54) is 12.8 Å². The van der Waals surface area contributed by atoms with Crippen molar-refractivity contribution in [1.29, 1.82) is 0 Å². The van der Waals surface area contributed by atoms with Crippen LogP contribution in [0.25, 0.3) is 0 Å². The summed E-state index contributed by atoms with van der Waals surface area (Å²) in [6, 6.07) is 7.43. The summed E-state index contributed by atoms with van der Waals surface area (Å²) >= 11 is 0. The summed E-state index contributed by atoms with van der Waals surface area (Å²) in [6.07, 6.45) is 1.89. The maximum absolute atomic E-state index is 13.1. The van der Waals surface area contributed by atoms with Gasteiger partial charge >= 0.3 is 0 Å². The molecule has 0 spiro atoms. The predicted octanol–water partition coefficient (Wildman–Crippen LogP) is 2.77. The van der Waals surface area contributed by atoms with Gasteiger partial charge in [0.15, 0.2) is 11.9 Å². The van der Waals surface area contributed by atoms with E-state index in [0.29, 0.717) is 48.6 Å². The van der Waals surface area contributed by atoms with Gasteiger partial charge in [-0.05, 0) is 44.7 Å². The quantitative estimate of drug-likeness (QED) is 0.819. The molecule has 1 saturated carbocycles. The van der Waals surface area contributed by atoms with Crippen LogP contribution in [0.1, 0.15) is 47.9 Å². The van der Waals surface area contributed by atoms with Crippen LogP contribution in [0.2, 0.25) is 0 Å². The number of amides is 1. The number of para-hydroxylation sites is 1. The molecule has 1 aliphatic carbocycles. The Morgan fingerprint density at radius 2 is 2.12 bits per heavy atom. The number of aryl methyl sites for hydroxylation is 1. The zero-order valence-electron chi connectivity index (χ0n) is 15.1. The molecule has 2 aromatic rings. The summed E-state index contributed by atoms with van der Waals surface area (Å²) < 4.78 is 17.0. The molecule has 7 nitrogen and oxygen atoms in total. The van der Waals surface area contributed by atoms with E-state index in [2.05, 4.69) is 10.1 Å². The van der Waals surface area contributed by atoms with Gasteiger partial charge in [0.25, 0.3) is 11.8 Å². The molecule has 0 unspecified atom stereocenters. The Balaban J connectivity index is 1.51. The smallest absolute Gasteiger partial charge is 0.257 e. The van der Waals surface area contributed by atoms with Crippen LogP contribution in [0.4, 0.5) is 0 Å². The first-order chi connectivity index (χ1) is 12.6. The molecule has 26 heavy (non-hydrogen) atoms. The second kappa shape index (κ2) is 7.07. The van der Waals surface area contributed by atoms with E-state index >= 15 is 0 Å². The lowest BCUT2D eigenvalue weighted by atomic mass is 10.1. The van der Waals surface area contributed by atoms with E-state index in [9.17, 15) is 4.79 Å². The van der Waals surface area contributed by atoms with Crippen molar-refractivity contribution in [2.75, 3.05) is 19.7 Å². The number of benzene rings is 1. The largest absolute Gasteiger partial charge is 0.492 e. The third kappa shape index (κ3) is 3.72. The number of morpholine rings is 1. The average molecular weight is 357 g/mol. The molecular formula is C19H23N3O4.